The van der Waals surface area contributed by atoms with Crippen molar-refractivity contribution in [1.29, 1.82) is 0 Å². The molecule has 5 rings (SSSR count). The first-order valence-corrected chi connectivity index (χ1v) is 15.4. The Kier molecular flexibility index (Phi) is 7.94. The molecule has 1 amide bonds. The van der Waals surface area contributed by atoms with Crippen molar-refractivity contribution in [2.75, 3.05) is 18.1 Å². The number of carbonyl (C=O) groups excluding carboxylic acids is 1. The first-order chi connectivity index (χ1) is 19.7. The molecule has 9 nitrogen and oxygen atoms in total. The van der Waals surface area contributed by atoms with Gasteiger partial charge in [-0.15, -0.1) is 5.10 Å². The van der Waals surface area contributed by atoms with E-state index in [4.69, 9.17) is 21.3 Å². The van der Waals surface area contributed by atoms with Crippen molar-refractivity contribution in [2.24, 2.45) is 17.8 Å². The molecule has 1 aliphatic heterocycles. The molecule has 1 saturated carbocycles. The van der Waals surface area contributed by atoms with Crippen molar-refractivity contribution >= 4 is 33.3 Å². The molecule has 1 aromatic carbocycles. The zero-order valence-corrected chi connectivity index (χ0v) is 24.8. The number of aromatic nitrogens is 3. The molecule has 3 aromatic rings. The number of ether oxygens (including phenoxy) is 1. The molecule has 0 spiro atoms. The zero-order valence-electron chi connectivity index (χ0n) is 23.2. The van der Waals surface area contributed by atoms with Crippen molar-refractivity contribution in [1.82, 2.24) is 19.5 Å². The molecular weight excluding hydrogens is 595 g/mol. The van der Waals surface area contributed by atoms with Gasteiger partial charge in [0, 0.05) is 24.3 Å². The number of halogens is 4. The van der Waals surface area contributed by atoms with E-state index in [1.807, 2.05) is 18.7 Å². The molecular formula is C28H31ClF3N5O4S. The van der Waals surface area contributed by atoms with Crippen LogP contribution in [0.2, 0.25) is 5.02 Å². The number of benzene rings is 1. The van der Waals surface area contributed by atoms with Crippen LogP contribution < -0.4 is 14.4 Å². The van der Waals surface area contributed by atoms with E-state index in [1.54, 1.807) is 18.3 Å². The minimum atomic E-state index is -4.27. The van der Waals surface area contributed by atoms with Gasteiger partial charge in [0.25, 0.3) is 15.9 Å². The Bertz CT molecular complexity index is 1590. The van der Waals surface area contributed by atoms with Crippen molar-refractivity contribution in [3.05, 3.63) is 59.2 Å². The number of sulfonamides is 1. The van der Waals surface area contributed by atoms with E-state index in [0.717, 1.165) is 6.42 Å². The highest BCUT2D eigenvalue weighted by Gasteiger charge is 2.55. The Morgan fingerprint density at radius 2 is 1.93 bits per heavy atom. The number of hydrogen-bond acceptors (Lipinski definition) is 7. The molecule has 2 fully saturated rings. The minimum absolute atomic E-state index is 0.0185. The Labute approximate surface area is 247 Å². The maximum absolute atomic E-state index is 13.4. The van der Waals surface area contributed by atoms with Crippen LogP contribution in [0.3, 0.4) is 0 Å². The summed E-state index contributed by atoms with van der Waals surface area (Å²) in [4.78, 5) is 19.9. The summed E-state index contributed by atoms with van der Waals surface area (Å²) < 4.78 is 73.5. The number of hydrogen-bond donors (Lipinski definition) is 1. The van der Waals surface area contributed by atoms with Crippen molar-refractivity contribution in [2.45, 2.75) is 56.6 Å². The summed E-state index contributed by atoms with van der Waals surface area (Å²) in [5.74, 6) is -1.39. The van der Waals surface area contributed by atoms with Crippen molar-refractivity contribution in [3.63, 3.8) is 0 Å². The SMILES string of the molecule is C[C@@H]1CN(c2nc(-n3ccc(OCCC4CC4C(F)(F)F)n3)ccc2C(=O)NS(=O)(=O)c2ccccc2Cl)C(C)(C)C1. The Balaban J connectivity index is 1.38. The summed E-state index contributed by atoms with van der Waals surface area (Å²) in [6.07, 6.45) is -1.34. The van der Waals surface area contributed by atoms with Gasteiger partial charge in [-0.25, -0.2) is 22.8 Å². The van der Waals surface area contributed by atoms with E-state index in [1.165, 1.54) is 35.0 Å². The third-order valence-electron chi connectivity index (χ3n) is 7.67. The number of alkyl halides is 3. The first kappa shape index (κ1) is 30.1. The largest absolute Gasteiger partial charge is 0.477 e. The standard InChI is InChI=1S/C28H31ClF3N5O4S/c1-17-15-27(2,3)36(16-17)25-19(26(38)35-42(39,40)22-7-5-4-6-21(22)29)8-9-23(33-25)37-12-10-24(34-37)41-13-11-18-14-20(18)28(30,31)32/h4-10,12,17-18,20H,11,13-16H2,1-3H3,(H,35,38)/t17-,18?,20?/m0/s1. The molecule has 0 bridgehead atoms. The lowest BCUT2D eigenvalue weighted by Gasteiger charge is -2.34. The van der Waals surface area contributed by atoms with Gasteiger partial charge in [-0.3, -0.25) is 4.79 Å². The second-order valence-corrected chi connectivity index (χ2v) is 13.6. The lowest BCUT2D eigenvalue weighted by Crippen LogP contribution is -2.41. The van der Waals surface area contributed by atoms with Crippen LogP contribution in [-0.4, -0.2) is 54.0 Å². The van der Waals surface area contributed by atoms with Crippen LogP contribution in [0, 0.1) is 17.8 Å². The quantitative estimate of drug-likeness (QED) is 0.328. The number of nitrogens with zero attached hydrogens (tertiary/aromatic N) is 4. The van der Waals surface area contributed by atoms with Crippen LogP contribution >= 0.6 is 11.6 Å². The maximum atomic E-state index is 13.4. The van der Waals surface area contributed by atoms with Gasteiger partial charge >= 0.3 is 6.18 Å². The van der Waals surface area contributed by atoms with Crippen molar-refractivity contribution in [3.8, 4) is 11.7 Å². The van der Waals surface area contributed by atoms with Gasteiger partial charge in [-0.05, 0) is 69.2 Å². The summed E-state index contributed by atoms with van der Waals surface area (Å²) in [6.45, 7) is 6.83. The maximum Gasteiger partial charge on any atom is 0.392 e. The molecule has 0 radical (unpaired) electrons. The van der Waals surface area contributed by atoms with Crippen LogP contribution in [0.4, 0.5) is 19.0 Å². The van der Waals surface area contributed by atoms with Gasteiger partial charge in [-0.1, -0.05) is 30.7 Å². The number of pyridine rings is 1. The Morgan fingerprint density at radius 1 is 1.19 bits per heavy atom. The predicted molar refractivity (Wildman–Crippen MR) is 150 cm³/mol. The molecule has 1 aliphatic carbocycles. The van der Waals surface area contributed by atoms with Crippen LogP contribution in [-0.2, 0) is 10.0 Å². The van der Waals surface area contributed by atoms with Crippen LogP contribution in [0.5, 0.6) is 5.88 Å². The van der Waals surface area contributed by atoms with Gasteiger partial charge in [0.05, 0.1) is 23.1 Å². The van der Waals surface area contributed by atoms with Gasteiger partial charge in [0.1, 0.15) is 10.7 Å². The fraction of sp³-hybridized carbons (Fsp3) is 0.464. The highest BCUT2D eigenvalue weighted by molar-refractivity contribution is 7.90. The summed E-state index contributed by atoms with van der Waals surface area (Å²) >= 11 is 6.08. The Morgan fingerprint density at radius 3 is 2.57 bits per heavy atom. The second-order valence-electron chi connectivity index (χ2n) is 11.5. The number of amides is 1. The molecule has 2 aromatic heterocycles. The van der Waals surface area contributed by atoms with Crippen LogP contribution in [0.1, 0.15) is 50.4 Å². The van der Waals surface area contributed by atoms with Crippen LogP contribution in [0.25, 0.3) is 5.82 Å². The Hall–Kier alpha value is -3.32. The van der Waals surface area contributed by atoms with E-state index < -0.39 is 33.9 Å². The molecule has 2 unspecified atom stereocenters. The van der Waals surface area contributed by atoms with E-state index >= 15 is 0 Å². The second kappa shape index (κ2) is 11.1. The predicted octanol–water partition coefficient (Wildman–Crippen LogP) is 5.63. The molecule has 3 heterocycles. The average Bonchev–Trinajstić information content (AvgIpc) is 3.44. The van der Waals surface area contributed by atoms with Gasteiger partial charge < -0.3 is 9.64 Å². The molecule has 3 atom stereocenters. The first-order valence-electron chi connectivity index (χ1n) is 13.5. The third-order valence-corrected chi connectivity index (χ3v) is 9.50. The monoisotopic (exact) mass is 625 g/mol. The van der Waals surface area contributed by atoms with Gasteiger partial charge in [0.15, 0.2) is 5.82 Å². The average molecular weight is 626 g/mol. The fourth-order valence-electron chi connectivity index (χ4n) is 5.60. The third kappa shape index (κ3) is 6.36. The molecule has 42 heavy (non-hydrogen) atoms. The highest BCUT2D eigenvalue weighted by Crippen LogP contribution is 2.51. The van der Waals surface area contributed by atoms with Crippen molar-refractivity contribution < 1.29 is 31.1 Å². The van der Waals surface area contributed by atoms with Crippen LogP contribution in [0.15, 0.2) is 53.6 Å². The number of anilines is 1. The van der Waals surface area contributed by atoms with Gasteiger partial charge in [-0.2, -0.15) is 13.2 Å². The highest BCUT2D eigenvalue weighted by atomic mass is 35.5. The smallest absolute Gasteiger partial charge is 0.392 e. The number of carbonyl (C=O) groups is 1. The summed E-state index contributed by atoms with van der Waals surface area (Å²) in [5.41, 5.74) is -0.319. The topological polar surface area (TPSA) is 106 Å². The molecule has 226 valence electrons. The van der Waals surface area contributed by atoms with E-state index in [-0.39, 0.29) is 46.3 Å². The fourth-order valence-corrected chi connectivity index (χ4v) is 7.08. The molecule has 14 heteroatoms. The summed E-state index contributed by atoms with van der Waals surface area (Å²) in [6, 6.07) is 10.4. The summed E-state index contributed by atoms with van der Waals surface area (Å²) in [7, 11) is -4.27. The molecule has 2 aliphatic rings. The number of nitrogens with one attached hydrogen (secondary N) is 1. The molecule has 1 saturated heterocycles. The summed E-state index contributed by atoms with van der Waals surface area (Å²) in [5, 5.41) is 4.33. The van der Waals surface area contributed by atoms with E-state index in [0.29, 0.717) is 24.1 Å². The van der Waals surface area contributed by atoms with E-state index in [2.05, 4.69) is 16.7 Å². The van der Waals surface area contributed by atoms with Gasteiger partial charge in [0.2, 0.25) is 5.88 Å². The lowest BCUT2D eigenvalue weighted by molar-refractivity contribution is -0.151. The minimum Gasteiger partial charge on any atom is -0.477 e. The molecule has 1 N–H and O–H groups in total. The normalized spacial score (nSPS) is 21.8. The number of rotatable bonds is 9. The van der Waals surface area contributed by atoms with E-state index in [9.17, 15) is 26.4 Å². The lowest BCUT2D eigenvalue weighted by atomic mass is 9.97. The zero-order chi connectivity index (χ0) is 30.4.